The first-order valence-electron chi connectivity index (χ1n) is 6.81. The standard InChI is InChI=1S/C14H18N4O3/c1-5-10-9(4)15-14(16-12(10)19)18-8(3)7-11(17-18)13(20)21-6-2/h7H,5-6H2,1-4H3,(H,15,16,19). The largest absolute Gasteiger partial charge is 0.461 e. The van der Waals surface area contributed by atoms with Gasteiger partial charge >= 0.3 is 5.97 Å². The van der Waals surface area contributed by atoms with Crippen molar-refractivity contribution >= 4 is 5.97 Å². The van der Waals surface area contributed by atoms with E-state index in [9.17, 15) is 9.59 Å². The Morgan fingerprint density at radius 3 is 2.67 bits per heavy atom. The van der Waals surface area contributed by atoms with E-state index in [1.54, 1.807) is 26.8 Å². The Morgan fingerprint density at radius 2 is 2.10 bits per heavy atom. The maximum absolute atomic E-state index is 12.0. The molecular formula is C14H18N4O3. The summed E-state index contributed by atoms with van der Waals surface area (Å²) in [5, 5.41) is 4.15. The Morgan fingerprint density at radius 1 is 1.38 bits per heavy atom. The molecule has 1 N–H and O–H groups in total. The van der Waals surface area contributed by atoms with Gasteiger partial charge in [-0.05, 0) is 33.3 Å². The van der Waals surface area contributed by atoms with E-state index in [4.69, 9.17) is 4.74 Å². The molecule has 2 aromatic heterocycles. The number of hydrogen-bond donors (Lipinski definition) is 1. The van der Waals surface area contributed by atoms with Gasteiger partial charge in [0.1, 0.15) is 0 Å². The Kier molecular flexibility index (Phi) is 4.21. The Labute approximate surface area is 122 Å². The quantitative estimate of drug-likeness (QED) is 0.857. The van der Waals surface area contributed by atoms with Crippen LogP contribution in [-0.2, 0) is 11.2 Å². The zero-order valence-electron chi connectivity index (χ0n) is 12.6. The Bertz CT molecular complexity index is 730. The van der Waals surface area contributed by atoms with Gasteiger partial charge in [0, 0.05) is 17.0 Å². The van der Waals surface area contributed by atoms with E-state index in [1.165, 1.54) is 4.68 Å². The third-order valence-corrected chi connectivity index (χ3v) is 3.14. The zero-order chi connectivity index (χ0) is 15.6. The van der Waals surface area contributed by atoms with Gasteiger partial charge in [0.15, 0.2) is 5.69 Å². The minimum Gasteiger partial charge on any atom is -0.461 e. The summed E-state index contributed by atoms with van der Waals surface area (Å²) in [5.41, 5.74) is 1.99. The van der Waals surface area contributed by atoms with Gasteiger partial charge in [0.2, 0.25) is 5.95 Å². The van der Waals surface area contributed by atoms with Crippen LogP contribution in [0.5, 0.6) is 0 Å². The molecule has 0 aromatic carbocycles. The van der Waals surface area contributed by atoms with Crippen molar-refractivity contribution in [3.63, 3.8) is 0 Å². The lowest BCUT2D eigenvalue weighted by Gasteiger charge is -2.06. The number of hydrogen-bond acceptors (Lipinski definition) is 5. The molecule has 0 unspecified atom stereocenters. The summed E-state index contributed by atoms with van der Waals surface area (Å²) in [4.78, 5) is 30.7. The van der Waals surface area contributed by atoms with E-state index in [0.717, 1.165) is 0 Å². The first kappa shape index (κ1) is 15.0. The molecule has 0 fully saturated rings. The smallest absolute Gasteiger partial charge is 0.358 e. The van der Waals surface area contributed by atoms with Gasteiger partial charge in [-0.2, -0.15) is 5.10 Å². The van der Waals surface area contributed by atoms with E-state index >= 15 is 0 Å². The normalized spacial score (nSPS) is 10.7. The lowest BCUT2D eigenvalue weighted by molar-refractivity contribution is 0.0519. The van der Waals surface area contributed by atoms with Crippen LogP contribution in [0.1, 0.15) is 41.3 Å². The van der Waals surface area contributed by atoms with E-state index in [2.05, 4.69) is 15.1 Å². The van der Waals surface area contributed by atoms with Crippen molar-refractivity contribution in [3.8, 4) is 5.95 Å². The summed E-state index contributed by atoms with van der Waals surface area (Å²) < 4.78 is 6.34. The average Bonchev–Trinajstić information content (AvgIpc) is 2.81. The van der Waals surface area contributed by atoms with Crippen molar-refractivity contribution in [1.29, 1.82) is 0 Å². The van der Waals surface area contributed by atoms with Crippen molar-refractivity contribution in [2.45, 2.75) is 34.1 Å². The minimum atomic E-state index is -0.497. The van der Waals surface area contributed by atoms with Gasteiger partial charge < -0.3 is 4.74 Å². The van der Waals surface area contributed by atoms with Crippen LogP contribution in [0.15, 0.2) is 10.9 Å². The number of esters is 1. The summed E-state index contributed by atoms with van der Waals surface area (Å²) in [7, 11) is 0. The highest BCUT2D eigenvalue weighted by molar-refractivity contribution is 5.87. The lowest BCUT2D eigenvalue weighted by Crippen LogP contribution is -2.20. The number of carbonyl (C=O) groups is 1. The first-order valence-corrected chi connectivity index (χ1v) is 6.81. The van der Waals surface area contributed by atoms with Gasteiger partial charge in [-0.15, -0.1) is 0 Å². The highest BCUT2D eigenvalue weighted by Crippen LogP contribution is 2.10. The first-order chi connectivity index (χ1) is 9.97. The second kappa shape index (κ2) is 5.90. The van der Waals surface area contributed by atoms with Crippen molar-refractivity contribution < 1.29 is 9.53 Å². The molecule has 0 atom stereocenters. The molecule has 2 rings (SSSR count). The van der Waals surface area contributed by atoms with Crippen LogP contribution in [0.3, 0.4) is 0 Å². The summed E-state index contributed by atoms with van der Waals surface area (Å²) in [6, 6.07) is 1.60. The molecule has 21 heavy (non-hydrogen) atoms. The number of H-pyrrole nitrogens is 1. The van der Waals surface area contributed by atoms with Crippen LogP contribution in [0.2, 0.25) is 0 Å². The Hall–Kier alpha value is -2.44. The summed E-state index contributed by atoms with van der Waals surface area (Å²) >= 11 is 0. The van der Waals surface area contributed by atoms with Gasteiger partial charge in [0.25, 0.3) is 5.56 Å². The van der Waals surface area contributed by atoms with Crippen molar-refractivity contribution in [2.24, 2.45) is 0 Å². The average molecular weight is 290 g/mol. The highest BCUT2D eigenvalue weighted by atomic mass is 16.5. The molecule has 0 aliphatic rings. The maximum Gasteiger partial charge on any atom is 0.358 e. The monoisotopic (exact) mass is 290 g/mol. The summed E-state index contributed by atoms with van der Waals surface area (Å²) in [6.45, 7) is 7.47. The third-order valence-electron chi connectivity index (χ3n) is 3.14. The predicted molar refractivity (Wildman–Crippen MR) is 76.8 cm³/mol. The topological polar surface area (TPSA) is 89.9 Å². The molecule has 0 amide bonds. The highest BCUT2D eigenvalue weighted by Gasteiger charge is 2.16. The zero-order valence-corrected chi connectivity index (χ0v) is 12.6. The van der Waals surface area contributed by atoms with Gasteiger partial charge in [-0.1, -0.05) is 6.92 Å². The number of aromatic amines is 1. The van der Waals surface area contributed by atoms with Gasteiger partial charge in [-0.25, -0.2) is 14.5 Å². The lowest BCUT2D eigenvalue weighted by atomic mass is 10.2. The van der Waals surface area contributed by atoms with E-state index in [-0.39, 0.29) is 17.9 Å². The minimum absolute atomic E-state index is 0.187. The molecular weight excluding hydrogens is 272 g/mol. The van der Waals surface area contributed by atoms with Gasteiger partial charge in [-0.3, -0.25) is 9.78 Å². The number of carbonyl (C=O) groups excluding carboxylic acids is 1. The summed E-state index contributed by atoms with van der Waals surface area (Å²) in [5.74, 6) is -0.202. The molecule has 0 bridgehead atoms. The maximum atomic E-state index is 12.0. The van der Waals surface area contributed by atoms with E-state index < -0.39 is 5.97 Å². The van der Waals surface area contributed by atoms with Crippen LogP contribution < -0.4 is 5.56 Å². The van der Waals surface area contributed by atoms with Crippen molar-refractivity contribution in [2.75, 3.05) is 6.61 Å². The molecule has 0 spiro atoms. The number of ether oxygens (including phenoxy) is 1. The third kappa shape index (κ3) is 2.86. The van der Waals surface area contributed by atoms with Gasteiger partial charge in [0.05, 0.1) is 6.61 Å². The Balaban J connectivity index is 2.48. The van der Waals surface area contributed by atoms with Crippen molar-refractivity contribution in [1.82, 2.24) is 19.7 Å². The molecule has 7 nitrogen and oxygen atoms in total. The number of rotatable bonds is 4. The van der Waals surface area contributed by atoms with Crippen LogP contribution in [0, 0.1) is 13.8 Å². The molecule has 2 aromatic rings. The fourth-order valence-corrected chi connectivity index (χ4v) is 2.11. The molecule has 0 aliphatic heterocycles. The number of nitrogens with zero attached hydrogens (tertiary/aromatic N) is 3. The molecule has 0 saturated heterocycles. The van der Waals surface area contributed by atoms with Crippen LogP contribution >= 0.6 is 0 Å². The molecule has 112 valence electrons. The van der Waals surface area contributed by atoms with E-state index in [1.807, 2.05) is 6.92 Å². The summed E-state index contributed by atoms with van der Waals surface area (Å²) in [6.07, 6.45) is 0.612. The molecule has 2 heterocycles. The fraction of sp³-hybridized carbons (Fsp3) is 0.429. The molecule has 0 aliphatic carbocycles. The SMILES string of the molecule is CCOC(=O)c1cc(C)n(-c2nc(C)c(CC)c(=O)[nH]2)n1. The molecule has 7 heteroatoms. The molecule has 0 radical (unpaired) electrons. The predicted octanol–water partition coefficient (Wildman–Crippen LogP) is 1.31. The van der Waals surface area contributed by atoms with Crippen LogP contribution in [0.4, 0.5) is 0 Å². The van der Waals surface area contributed by atoms with Crippen molar-refractivity contribution in [3.05, 3.63) is 39.1 Å². The van der Waals surface area contributed by atoms with Crippen LogP contribution in [-0.4, -0.2) is 32.3 Å². The number of aryl methyl sites for hydroxylation is 2. The number of nitrogens with one attached hydrogen (secondary N) is 1. The second-order valence-electron chi connectivity index (χ2n) is 4.61. The molecule has 0 saturated carbocycles. The fourth-order valence-electron chi connectivity index (χ4n) is 2.11. The van der Waals surface area contributed by atoms with Crippen LogP contribution in [0.25, 0.3) is 5.95 Å². The second-order valence-corrected chi connectivity index (χ2v) is 4.61. The van der Waals surface area contributed by atoms with E-state index in [0.29, 0.717) is 29.3 Å². The number of aromatic nitrogens is 4.